The third-order valence-electron chi connectivity index (χ3n) is 2.44. The van der Waals surface area contributed by atoms with Gasteiger partial charge in [-0.15, -0.1) is 0 Å². The number of ketones is 1. The number of aldehydes is 1. The van der Waals surface area contributed by atoms with Crippen LogP contribution in [0.3, 0.4) is 0 Å². The Morgan fingerprint density at radius 2 is 2.06 bits per heavy atom. The Morgan fingerprint density at radius 3 is 2.67 bits per heavy atom. The number of Topliss-reactive ketones (excluding diaryl/α,β-unsaturated/α-hetero) is 1. The molecule has 0 aromatic heterocycles. The molecule has 1 aliphatic carbocycles. The van der Waals surface area contributed by atoms with E-state index in [9.17, 15) is 18.0 Å². The van der Waals surface area contributed by atoms with Gasteiger partial charge in [-0.05, 0) is 23.8 Å². The summed E-state index contributed by atoms with van der Waals surface area (Å²) in [6, 6.07) is 4.42. The van der Waals surface area contributed by atoms with Gasteiger partial charge in [0.1, 0.15) is 12.0 Å². The number of fused-ring (bicyclic) bond motifs is 1. The minimum absolute atomic E-state index is 0.0514. The van der Waals surface area contributed by atoms with Gasteiger partial charge in [-0.25, -0.2) is 0 Å². The number of benzene rings is 1. The van der Waals surface area contributed by atoms with Crippen molar-refractivity contribution in [3.8, 4) is 5.75 Å². The maximum absolute atomic E-state index is 11.9. The molecule has 0 bridgehead atoms. The van der Waals surface area contributed by atoms with Crippen LogP contribution in [0.1, 0.15) is 22.3 Å². The highest BCUT2D eigenvalue weighted by Gasteiger charge is 2.23. The van der Waals surface area contributed by atoms with Crippen molar-refractivity contribution in [3.63, 3.8) is 0 Å². The van der Waals surface area contributed by atoms with Crippen molar-refractivity contribution in [1.29, 1.82) is 0 Å². The van der Waals surface area contributed by atoms with Crippen LogP contribution in [0.25, 0.3) is 6.08 Å². The second-order valence-electron chi connectivity index (χ2n) is 3.91. The normalized spacial score (nSPS) is 14.1. The van der Waals surface area contributed by atoms with E-state index in [1.54, 1.807) is 12.1 Å². The molecular formula is C12H10O5S. The lowest BCUT2D eigenvalue weighted by Gasteiger charge is -2.04. The Kier molecular flexibility index (Phi) is 3.04. The van der Waals surface area contributed by atoms with E-state index in [-0.39, 0.29) is 18.0 Å². The molecule has 18 heavy (non-hydrogen) atoms. The molecule has 0 amide bonds. The summed E-state index contributed by atoms with van der Waals surface area (Å²) in [4.78, 5) is 22.3. The lowest BCUT2D eigenvalue weighted by Crippen LogP contribution is -2.07. The Bertz CT molecular complexity index is 655. The smallest absolute Gasteiger partial charge is 0.306 e. The zero-order chi connectivity index (χ0) is 13.3. The first-order chi connectivity index (χ1) is 8.40. The average molecular weight is 266 g/mol. The highest BCUT2D eigenvalue weighted by molar-refractivity contribution is 7.86. The largest absolute Gasteiger partial charge is 0.383 e. The lowest BCUT2D eigenvalue weighted by molar-refractivity contribution is -0.107. The van der Waals surface area contributed by atoms with Gasteiger partial charge in [-0.2, -0.15) is 8.42 Å². The van der Waals surface area contributed by atoms with Crippen LogP contribution in [-0.4, -0.2) is 26.7 Å². The molecule has 0 radical (unpaired) electrons. The molecule has 0 aliphatic heterocycles. The fourth-order valence-corrected chi connectivity index (χ4v) is 2.21. The van der Waals surface area contributed by atoms with Crippen molar-refractivity contribution in [2.45, 2.75) is 6.42 Å². The standard InChI is InChI=1S/C12H10O5S/c1-18(15,16)17-10-3-2-8-6-9(4-5-13)12(14)11(8)7-10/h2-3,5-7H,4H2,1H3. The van der Waals surface area contributed by atoms with Gasteiger partial charge in [0.25, 0.3) is 0 Å². The molecule has 94 valence electrons. The molecule has 0 atom stereocenters. The summed E-state index contributed by atoms with van der Waals surface area (Å²) in [7, 11) is -3.62. The monoisotopic (exact) mass is 266 g/mol. The molecule has 1 aliphatic rings. The third kappa shape index (κ3) is 2.48. The minimum Gasteiger partial charge on any atom is -0.383 e. The highest BCUT2D eigenvalue weighted by atomic mass is 32.2. The average Bonchev–Trinajstić information content (AvgIpc) is 2.55. The topological polar surface area (TPSA) is 77.5 Å². The Balaban J connectivity index is 2.35. The molecule has 1 aromatic carbocycles. The molecule has 0 N–H and O–H groups in total. The van der Waals surface area contributed by atoms with E-state index in [1.165, 1.54) is 12.1 Å². The summed E-state index contributed by atoms with van der Waals surface area (Å²) in [5.74, 6) is -0.179. The molecule has 0 heterocycles. The molecule has 0 unspecified atom stereocenters. The van der Waals surface area contributed by atoms with Crippen LogP contribution in [0.2, 0.25) is 0 Å². The SMILES string of the molecule is CS(=O)(=O)Oc1ccc2c(c1)C(=O)C(CC=O)=C2. The Hall–Kier alpha value is -1.95. The summed E-state index contributed by atoms with van der Waals surface area (Å²) >= 11 is 0. The molecule has 5 nitrogen and oxygen atoms in total. The molecule has 0 fully saturated rings. The molecular weight excluding hydrogens is 256 g/mol. The van der Waals surface area contributed by atoms with E-state index >= 15 is 0 Å². The molecule has 1 aromatic rings. The van der Waals surface area contributed by atoms with Crippen LogP contribution in [-0.2, 0) is 14.9 Å². The first-order valence-corrected chi connectivity index (χ1v) is 6.95. The lowest BCUT2D eigenvalue weighted by atomic mass is 10.1. The zero-order valence-corrected chi connectivity index (χ0v) is 10.4. The zero-order valence-electron chi connectivity index (χ0n) is 9.54. The van der Waals surface area contributed by atoms with Crippen molar-refractivity contribution >= 4 is 28.3 Å². The van der Waals surface area contributed by atoms with E-state index in [4.69, 9.17) is 4.18 Å². The molecule has 0 saturated heterocycles. The number of hydrogen-bond donors (Lipinski definition) is 0. The van der Waals surface area contributed by atoms with Gasteiger partial charge in [0.15, 0.2) is 5.78 Å². The van der Waals surface area contributed by atoms with Crippen LogP contribution < -0.4 is 4.18 Å². The number of allylic oxidation sites excluding steroid dienone is 1. The van der Waals surface area contributed by atoms with E-state index in [2.05, 4.69) is 0 Å². The van der Waals surface area contributed by atoms with Crippen LogP contribution in [0, 0.1) is 0 Å². The fraction of sp³-hybridized carbons (Fsp3) is 0.167. The summed E-state index contributed by atoms with van der Waals surface area (Å²) in [5, 5.41) is 0. The number of hydrogen-bond acceptors (Lipinski definition) is 5. The van der Waals surface area contributed by atoms with E-state index in [1.807, 2.05) is 0 Å². The van der Waals surface area contributed by atoms with Gasteiger partial charge in [0.05, 0.1) is 6.26 Å². The molecule has 2 rings (SSSR count). The molecule has 6 heteroatoms. The maximum atomic E-state index is 11.9. The number of rotatable bonds is 4. The van der Waals surface area contributed by atoms with Gasteiger partial charge in [-0.1, -0.05) is 6.07 Å². The summed E-state index contributed by atoms with van der Waals surface area (Å²) < 4.78 is 26.7. The second-order valence-corrected chi connectivity index (χ2v) is 5.48. The first kappa shape index (κ1) is 12.5. The minimum atomic E-state index is -3.62. The van der Waals surface area contributed by atoms with Crippen molar-refractivity contribution in [2.24, 2.45) is 0 Å². The van der Waals surface area contributed by atoms with Crippen LogP contribution in [0.15, 0.2) is 23.8 Å². The quantitative estimate of drug-likeness (QED) is 0.604. The van der Waals surface area contributed by atoms with Crippen molar-refractivity contribution < 1.29 is 22.2 Å². The Labute approximate surface area is 104 Å². The van der Waals surface area contributed by atoms with Gasteiger partial charge < -0.3 is 8.98 Å². The first-order valence-electron chi connectivity index (χ1n) is 5.13. The van der Waals surface area contributed by atoms with Crippen LogP contribution in [0.5, 0.6) is 5.75 Å². The van der Waals surface area contributed by atoms with E-state index < -0.39 is 10.1 Å². The molecule has 0 spiro atoms. The Morgan fingerprint density at radius 1 is 1.33 bits per heavy atom. The number of carbonyl (C=O) groups is 2. The van der Waals surface area contributed by atoms with Crippen LogP contribution >= 0.6 is 0 Å². The van der Waals surface area contributed by atoms with E-state index in [0.717, 1.165) is 6.26 Å². The molecule has 0 saturated carbocycles. The van der Waals surface area contributed by atoms with Crippen molar-refractivity contribution in [3.05, 3.63) is 34.9 Å². The van der Waals surface area contributed by atoms with Crippen molar-refractivity contribution in [2.75, 3.05) is 6.26 Å². The van der Waals surface area contributed by atoms with Gasteiger partial charge in [0.2, 0.25) is 0 Å². The predicted molar refractivity (Wildman–Crippen MR) is 64.9 cm³/mol. The highest BCUT2D eigenvalue weighted by Crippen LogP contribution is 2.29. The number of carbonyl (C=O) groups excluding carboxylic acids is 2. The summed E-state index contributed by atoms with van der Waals surface area (Å²) in [5.41, 5.74) is 1.42. The van der Waals surface area contributed by atoms with E-state index in [0.29, 0.717) is 23.0 Å². The second kappa shape index (κ2) is 4.38. The van der Waals surface area contributed by atoms with Gasteiger partial charge >= 0.3 is 10.1 Å². The maximum Gasteiger partial charge on any atom is 0.306 e. The summed E-state index contributed by atoms with van der Waals surface area (Å²) in [6.07, 6.45) is 3.26. The van der Waals surface area contributed by atoms with Gasteiger partial charge in [-0.3, -0.25) is 4.79 Å². The predicted octanol–water partition coefficient (Wildman–Crippen LogP) is 1.19. The van der Waals surface area contributed by atoms with Gasteiger partial charge in [0, 0.05) is 17.6 Å². The third-order valence-corrected chi connectivity index (χ3v) is 2.94. The summed E-state index contributed by atoms with van der Waals surface area (Å²) in [6.45, 7) is 0. The fourth-order valence-electron chi connectivity index (χ4n) is 1.75. The van der Waals surface area contributed by atoms with Crippen molar-refractivity contribution in [1.82, 2.24) is 0 Å². The van der Waals surface area contributed by atoms with Crippen LogP contribution in [0.4, 0.5) is 0 Å².